The second kappa shape index (κ2) is 14.9. The molecule has 1 aromatic heterocycles. The lowest BCUT2D eigenvalue weighted by molar-refractivity contribution is -0.695. The molecule has 1 fully saturated rings. The van der Waals surface area contributed by atoms with Gasteiger partial charge in [0, 0.05) is 12.0 Å². The standard InChI is InChI=1S/C28H34ClF10N2.ClH/c29-22-11-10-12-23(30)21(22)19-41-18-17-40(24(41)20-13-14-20)16-9-7-5-3-1-2-4-6-8-15-25(31,32)26(33,34)27(35,36)28(37,38)39;/h10-12,17-18,20H,1-9,13-16,19H2;1H/q+1;/p-1. The Balaban J connectivity index is 0.00000616. The van der Waals surface area contributed by atoms with Gasteiger partial charge >= 0.3 is 23.9 Å². The summed E-state index contributed by atoms with van der Waals surface area (Å²) < 4.78 is 134. The molecule has 0 atom stereocenters. The van der Waals surface area contributed by atoms with Crippen LogP contribution in [-0.2, 0) is 13.1 Å². The molecular formula is C28H34Cl2F10N2. The van der Waals surface area contributed by atoms with Crippen LogP contribution in [0.3, 0.4) is 0 Å². The van der Waals surface area contributed by atoms with Crippen molar-refractivity contribution in [3.8, 4) is 0 Å². The lowest BCUT2D eigenvalue weighted by Gasteiger charge is -2.33. The highest BCUT2D eigenvalue weighted by atomic mass is 35.5. The van der Waals surface area contributed by atoms with Crippen LogP contribution in [0.1, 0.15) is 94.4 Å². The number of nitrogens with zero attached hydrogens (tertiary/aromatic N) is 2. The van der Waals surface area contributed by atoms with Crippen molar-refractivity contribution in [2.24, 2.45) is 0 Å². The Hall–Kier alpha value is -1.69. The van der Waals surface area contributed by atoms with Crippen molar-refractivity contribution in [2.75, 3.05) is 0 Å². The molecule has 3 rings (SSSR count). The Morgan fingerprint density at radius 2 is 1.33 bits per heavy atom. The minimum Gasteiger partial charge on any atom is -1.00 e. The van der Waals surface area contributed by atoms with E-state index < -0.39 is 36.8 Å². The van der Waals surface area contributed by atoms with Crippen LogP contribution < -0.4 is 17.0 Å². The fourth-order valence-corrected chi connectivity index (χ4v) is 5.12. The molecule has 0 bridgehead atoms. The van der Waals surface area contributed by atoms with Crippen LogP contribution in [0.4, 0.5) is 43.9 Å². The summed E-state index contributed by atoms with van der Waals surface area (Å²) in [5.41, 5.74) is 0.452. The topological polar surface area (TPSA) is 8.81 Å². The molecule has 0 saturated heterocycles. The van der Waals surface area contributed by atoms with E-state index in [1.807, 2.05) is 17.0 Å². The first-order valence-corrected chi connectivity index (χ1v) is 14.2. The van der Waals surface area contributed by atoms with Crippen LogP contribution in [0, 0.1) is 5.82 Å². The third-order valence-corrected chi connectivity index (χ3v) is 7.80. The van der Waals surface area contributed by atoms with Gasteiger partial charge in [0.2, 0.25) is 0 Å². The Morgan fingerprint density at radius 3 is 1.86 bits per heavy atom. The van der Waals surface area contributed by atoms with E-state index in [1.54, 1.807) is 12.1 Å². The molecule has 240 valence electrons. The number of aromatic nitrogens is 2. The van der Waals surface area contributed by atoms with Gasteiger partial charge in [-0.3, -0.25) is 0 Å². The van der Waals surface area contributed by atoms with Gasteiger partial charge in [-0.05, 0) is 44.2 Å². The number of benzene rings is 1. The normalized spacial score (nSPS) is 14.7. The highest BCUT2D eigenvalue weighted by Gasteiger charge is 2.81. The van der Waals surface area contributed by atoms with Gasteiger partial charge in [0.15, 0.2) is 0 Å². The van der Waals surface area contributed by atoms with Gasteiger partial charge in [-0.1, -0.05) is 56.2 Å². The maximum absolute atomic E-state index is 14.3. The van der Waals surface area contributed by atoms with Crippen molar-refractivity contribution in [3.05, 3.63) is 52.8 Å². The predicted molar refractivity (Wildman–Crippen MR) is 134 cm³/mol. The van der Waals surface area contributed by atoms with Crippen LogP contribution in [0.15, 0.2) is 30.6 Å². The van der Waals surface area contributed by atoms with Crippen LogP contribution in [0.2, 0.25) is 5.02 Å². The molecule has 1 aliphatic carbocycles. The Bertz CT molecular complexity index is 1110. The largest absolute Gasteiger partial charge is 1.00 e. The second-order valence-corrected chi connectivity index (χ2v) is 11.1. The summed E-state index contributed by atoms with van der Waals surface area (Å²) in [6.07, 6.45) is 2.41. The fourth-order valence-electron chi connectivity index (χ4n) is 4.90. The number of unbranched alkanes of at least 4 members (excludes halogenated alkanes) is 8. The number of aryl methyl sites for hydroxylation is 1. The minimum atomic E-state index is -6.82. The lowest BCUT2D eigenvalue weighted by Crippen LogP contribution is -3.00. The number of rotatable bonds is 17. The van der Waals surface area contributed by atoms with E-state index in [0.717, 1.165) is 57.3 Å². The molecular weight excluding hydrogens is 625 g/mol. The van der Waals surface area contributed by atoms with E-state index in [4.69, 9.17) is 11.6 Å². The van der Waals surface area contributed by atoms with Gasteiger partial charge in [0.25, 0.3) is 5.82 Å². The molecule has 14 heteroatoms. The predicted octanol–water partition coefficient (Wildman–Crippen LogP) is 6.87. The number of halogens is 12. The van der Waals surface area contributed by atoms with Gasteiger partial charge in [-0.15, -0.1) is 0 Å². The Morgan fingerprint density at radius 1 is 0.786 bits per heavy atom. The molecule has 0 N–H and O–H groups in total. The van der Waals surface area contributed by atoms with Crippen molar-refractivity contribution in [2.45, 2.75) is 120 Å². The van der Waals surface area contributed by atoms with Gasteiger partial charge in [0.1, 0.15) is 24.8 Å². The Labute approximate surface area is 249 Å². The zero-order chi connectivity index (χ0) is 30.5. The first-order chi connectivity index (χ1) is 19.1. The SMILES string of the molecule is Fc1cccc(Cl)c1C[n+]1ccn(CCCCCCCCCCCC(F)(F)C(F)(F)C(F)(F)C(F)(F)F)c1C1CC1.[Cl-]. The minimum absolute atomic E-state index is 0. The zero-order valence-electron chi connectivity index (χ0n) is 22.8. The third-order valence-electron chi connectivity index (χ3n) is 7.45. The van der Waals surface area contributed by atoms with Crippen molar-refractivity contribution >= 4 is 11.6 Å². The summed E-state index contributed by atoms with van der Waals surface area (Å²) in [4.78, 5) is 0. The smallest absolute Gasteiger partial charge is 0.460 e. The van der Waals surface area contributed by atoms with E-state index >= 15 is 0 Å². The van der Waals surface area contributed by atoms with Crippen molar-refractivity contribution in [1.29, 1.82) is 0 Å². The maximum Gasteiger partial charge on any atom is 0.460 e. The maximum atomic E-state index is 14.3. The molecule has 0 aliphatic heterocycles. The first-order valence-electron chi connectivity index (χ1n) is 13.8. The molecule has 2 aromatic rings. The summed E-state index contributed by atoms with van der Waals surface area (Å²) in [5.74, 6) is -17.6. The van der Waals surface area contributed by atoms with E-state index in [1.165, 1.54) is 6.07 Å². The molecule has 1 aliphatic rings. The van der Waals surface area contributed by atoms with Crippen LogP contribution in [0.25, 0.3) is 0 Å². The van der Waals surface area contributed by atoms with Crippen molar-refractivity contribution in [3.63, 3.8) is 0 Å². The molecule has 0 unspecified atom stereocenters. The molecule has 1 saturated carbocycles. The van der Waals surface area contributed by atoms with Gasteiger partial charge < -0.3 is 12.4 Å². The lowest BCUT2D eigenvalue weighted by atomic mass is 9.97. The van der Waals surface area contributed by atoms with E-state index in [-0.39, 0.29) is 24.6 Å². The number of hydrogen-bond donors (Lipinski definition) is 0. The van der Waals surface area contributed by atoms with Crippen molar-refractivity contribution < 1.29 is 60.9 Å². The quantitative estimate of drug-likeness (QED) is 0.0997. The molecule has 0 amide bonds. The number of alkyl halides is 9. The zero-order valence-corrected chi connectivity index (χ0v) is 24.3. The van der Waals surface area contributed by atoms with Crippen LogP contribution >= 0.6 is 11.6 Å². The summed E-state index contributed by atoms with van der Waals surface area (Å²) in [5, 5.41) is 0.386. The van der Waals surface area contributed by atoms with Crippen LogP contribution in [-0.4, -0.2) is 28.5 Å². The van der Waals surface area contributed by atoms with Gasteiger partial charge in [-0.25, -0.2) is 13.5 Å². The highest BCUT2D eigenvalue weighted by Crippen LogP contribution is 2.54. The molecule has 42 heavy (non-hydrogen) atoms. The molecule has 0 radical (unpaired) electrons. The molecule has 2 nitrogen and oxygen atoms in total. The summed E-state index contributed by atoms with van der Waals surface area (Å²) >= 11 is 6.20. The molecule has 1 aromatic carbocycles. The first kappa shape index (κ1) is 36.5. The van der Waals surface area contributed by atoms with E-state index in [2.05, 4.69) is 4.57 Å². The van der Waals surface area contributed by atoms with Gasteiger partial charge in [0.05, 0.1) is 17.5 Å². The summed E-state index contributed by atoms with van der Waals surface area (Å²) in [7, 11) is 0. The molecule has 0 spiro atoms. The highest BCUT2D eigenvalue weighted by molar-refractivity contribution is 6.31. The third kappa shape index (κ3) is 8.70. The Kier molecular flexibility index (Phi) is 12.9. The summed E-state index contributed by atoms with van der Waals surface area (Å²) in [6.45, 7) is 1.15. The summed E-state index contributed by atoms with van der Waals surface area (Å²) in [6, 6.07) is 4.63. The number of imidazole rings is 1. The average molecular weight is 659 g/mol. The van der Waals surface area contributed by atoms with Gasteiger partial charge in [-0.2, -0.15) is 39.5 Å². The monoisotopic (exact) mass is 658 g/mol. The number of hydrogen-bond acceptors (Lipinski definition) is 0. The van der Waals surface area contributed by atoms with E-state index in [9.17, 15) is 43.9 Å². The van der Waals surface area contributed by atoms with Crippen molar-refractivity contribution in [1.82, 2.24) is 4.57 Å². The van der Waals surface area contributed by atoms with Crippen LogP contribution in [0.5, 0.6) is 0 Å². The fraction of sp³-hybridized carbons (Fsp3) is 0.679. The second-order valence-electron chi connectivity index (χ2n) is 10.7. The molecule has 1 heterocycles. The van der Waals surface area contributed by atoms with E-state index in [0.29, 0.717) is 35.9 Å². The average Bonchev–Trinajstić information content (AvgIpc) is 3.64.